The van der Waals surface area contributed by atoms with Crippen LogP contribution in [-0.4, -0.2) is 36.3 Å². The number of ether oxygens (including phenoxy) is 1. The summed E-state index contributed by atoms with van der Waals surface area (Å²) in [7, 11) is 2.00. The van der Waals surface area contributed by atoms with E-state index in [4.69, 9.17) is 4.74 Å². The minimum atomic E-state index is -0.356. The number of thioether (sulfide) groups is 1. The number of likely N-dealkylation sites (N-methyl/N-ethyl adjacent to an activating group) is 1. The third-order valence-electron chi connectivity index (χ3n) is 4.53. The monoisotopic (exact) mass is 405 g/mol. The maximum Gasteiger partial charge on any atom is 0.290 e. The molecule has 0 radical (unpaired) electrons. The van der Waals surface area contributed by atoms with Crippen molar-refractivity contribution in [2.24, 2.45) is 0 Å². The number of aromatic nitrogens is 1. The van der Waals surface area contributed by atoms with Gasteiger partial charge in [-0.05, 0) is 47.0 Å². The molecule has 1 aromatic heterocycles. The van der Waals surface area contributed by atoms with Crippen molar-refractivity contribution in [3.63, 3.8) is 0 Å². The Morgan fingerprint density at radius 1 is 1.10 bits per heavy atom. The number of pyridine rings is 1. The van der Waals surface area contributed by atoms with Crippen LogP contribution in [0.3, 0.4) is 0 Å². The zero-order valence-corrected chi connectivity index (χ0v) is 16.6. The highest BCUT2D eigenvalue weighted by atomic mass is 32.2. The third kappa shape index (κ3) is 4.41. The zero-order valence-electron chi connectivity index (χ0n) is 15.8. The Kier molecular flexibility index (Phi) is 5.48. The molecular formula is C22H19N3O3S. The summed E-state index contributed by atoms with van der Waals surface area (Å²) in [6.45, 7) is 1.19. The number of anilines is 1. The molecule has 1 aliphatic rings. The maximum atomic E-state index is 11.6. The Morgan fingerprint density at radius 3 is 2.66 bits per heavy atom. The first-order chi connectivity index (χ1) is 14.1. The molecule has 2 heterocycles. The van der Waals surface area contributed by atoms with Crippen molar-refractivity contribution in [1.29, 1.82) is 0 Å². The van der Waals surface area contributed by atoms with Gasteiger partial charge in [0, 0.05) is 18.6 Å². The molecule has 6 nitrogen and oxygen atoms in total. The van der Waals surface area contributed by atoms with Gasteiger partial charge in [0.25, 0.3) is 11.1 Å². The van der Waals surface area contributed by atoms with Gasteiger partial charge in [0.2, 0.25) is 0 Å². The molecule has 0 spiro atoms. The molecule has 4 rings (SSSR count). The van der Waals surface area contributed by atoms with Crippen LogP contribution < -0.4 is 15.0 Å². The van der Waals surface area contributed by atoms with Crippen LogP contribution in [0.2, 0.25) is 0 Å². The molecule has 2 aromatic carbocycles. The van der Waals surface area contributed by atoms with E-state index in [0.717, 1.165) is 39.7 Å². The van der Waals surface area contributed by atoms with Crippen LogP contribution in [-0.2, 0) is 4.79 Å². The summed E-state index contributed by atoms with van der Waals surface area (Å²) in [5, 5.41) is 4.17. The third-order valence-corrected chi connectivity index (χ3v) is 5.34. The SMILES string of the molecule is CN(CCOc1ccc(/C=C2\SC(=O)NC2=O)cc1)c1nccc2ccccc12. The fourth-order valence-electron chi connectivity index (χ4n) is 3.05. The van der Waals surface area contributed by atoms with Gasteiger partial charge >= 0.3 is 0 Å². The van der Waals surface area contributed by atoms with E-state index in [2.05, 4.69) is 27.3 Å². The van der Waals surface area contributed by atoms with Gasteiger partial charge in [0.1, 0.15) is 18.2 Å². The van der Waals surface area contributed by atoms with Crippen molar-refractivity contribution in [2.75, 3.05) is 25.1 Å². The first-order valence-electron chi connectivity index (χ1n) is 9.13. The number of benzene rings is 2. The number of hydrogen-bond donors (Lipinski definition) is 1. The normalized spacial score (nSPS) is 15.0. The molecular weight excluding hydrogens is 386 g/mol. The molecule has 0 aliphatic carbocycles. The molecule has 146 valence electrons. The van der Waals surface area contributed by atoms with Crippen LogP contribution in [0, 0.1) is 0 Å². The van der Waals surface area contributed by atoms with Gasteiger partial charge in [-0.15, -0.1) is 0 Å². The second-order valence-corrected chi connectivity index (χ2v) is 7.56. The Balaban J connectivity index is 1.35. The lowest BCUT2D eigenvalue weighted by Gasteiger charge is -2.20. The van der Waals surface area contributed by atoms with Gasteiger partial charge in [-0.3, -0.25) is 14.9 Å². The second kappa shape index (κ2) is 8.36. The topological polar surface area (TPSA) is 71.5 Å². The number of nitrogens with zero attached hydrogens (tertiary/aromatic N) is 2. The van der Waals surface area contributed by atoms with Crippen LogP contribution in [0.15, 0.2) is 65.7 Å². The van der Waals surface area contributed by atoms with Gasteiger partial charge < -0.3 is 9.64 Å². The molecule has 2 amide bonds. The second-order valence-electron chi connectivity index (χ2n) is 6.55. The molecule has 3 aromatic rings. The van der Waals surface area contributed by atoms with Crippen LogP contribution in [0.1, 0.15) is 5.56 Å². The minimum absolute atomic E-state index is 0.342. The standard InChI is InChI=1S/C22H19N3O3S/c1-25(20-18-5-3-2-4-16(18)10-11-23-20)12-13-28-17-8-6-15(7-9-17)14-19-21(26)24-22(27)29-19/h2-11,14H,12-13H2,1H3,(H,24,26,27)/b19-14-. The molecule has 0 unspecified atom stereocenters. The fraction of sp³-hybridized carbons (Fsp3) is 0.136. The first kappa shape index (κ1) is 19.0. The molecule has 1 aliphatic heterocycles. The Bertz CT molecular complexity index is 1090. The zero-order chi connectivity index (χ0) is 20.2. The number of hydrogen-bond acceptors (Lipinski definition) is 6. The molecule has 0 saturated carbocycles. The number of imide groups is 1. The van der Waals surface area contributed by atoms with Gasteiger partial charge in [0.05, 0.1) is 11.4 Å². The largest absolute Gasteiger partial charge is 0.492 e. The van der Waals surface area contributed by atoms with Crippen LogP contribution in [0.5, 0.6) is 5.75 Å². The number of carbonyl (C=O) groups excluding carboxylic acids is 2. The predicted octanol–water partition coefficient (Wildman–Crippen LogP) is 4.07. The summed E-state index contributed by atoms with van der Waals surface area (Å²) in [6, 6.07) is 17.6. The molecule has 0 atom stereocenters. The average molecular weight is 405 g/mol. The van der Waals surface area contributed by atoms with Crippen LogP contribution in [0.4, 0.5) is 10.6 Å². The highest BCUT2D eigenvalue weighted by molar-refractivity contribution is 8.18. The molecule has 29 heavy (non-hydrogen) atoms. The molecule has 7 heteroatoms. The number of nitrogens with one attached hydrogen (secondary N) is 1. The fourth-order valence-corrected chi connectivity index (χ4v) is 3.73. The van der Waals surface area contributed by atoms with Crippen molar-refractivity contribution in [3.8, 4) is 5.75 Å². The predicted molar refractivity (Wildman–Crippen MR) is 116 cm³/mol. The molecule has 1 N–H and O–H groups in total. The summed E-state index contributed by atoms with van der Waals surface area (Å²) in [5.74, 6) is 1.31. The van der Waals surface area contributed by atoms with Crippen molar-refractivity contribution in [3.05, 3.63) is 71.3 Å². The Labute approximate surface area is 172 Å². The minimum Gasteiger partial charge on any atom is -0.492 e. The van der Waals surface area contributed by atoms with Crippen LogP contribution >= 0.6 is 11.8 Å². The first-order valence-corrected chi connectivity index (χ1v) is 9.94. The summed E-state index contributed by atoms with van der Waals surface area (Å²) >= 11 is 0.907. The number of fused-ring (bicyclic) bond motifs is 1. The van der Waals surface area contributed by atoms with Crippen molar-refractivity contribution < 1.29 is 14.3 Å². The van der Waals surface area contributed by atoms with E-state index in [0.29, 0.717) is 18.1 Å². The quantitative estimate of drug-likeness (QED) is 0.623. The van der Waals surface area contributed by atoms with Crippen molar-refractivity contribution in [2.45, 2.75) is 0 Å². The number of amides is 2. The molecule has 1 saturated heterocycles. The van der Waals surface area contributed by atoms with E-state index in [1.807, 2.05) is 55.7 Å². The van der Waals surface area contributed by atoms with Gasteiger partial charge in [-0.1, -0.05) is 36.4 Å². The Hall–Kier alpha value is -3.32. The highest BCUT2D eigenvalue weighted by Crippen LogP contribution is 2.26. The summed E-state index contributed by atoms with van der Waals surface area (Å²) < 4.78 is 5.84. The molecule has 1 fully saturated rings. The lowest BCUT2D eigenvalue weighted by molar-refractivity contribution is -0.115. The van der Waals surface area contributed by atoms with E-state index in [9.17, 15) is 9.59 Å². The van der Waals surface area contributed by atoms with Gasteiger partial charge in [0.15, 0.2) is 0 Å². The summed E-state index contributed by atoms with van der Waals surface area (Å²) in [4.78, 5) is 29.8. The average Bonchev–Trinajstić information content (AvgIpc) is 3.05. The maximum absolute atomic E-state index is 11.6. The number of carbonyl (C=O) groups is 2. The van der Waals surface area contributed by atoms with E-state index < -0.39 is 0 Å². The van der Waals surface area contributed by atoms with Crippen LogP contribution in [0.25, 0.3) is 16.8 Å². The highest BCUT2D eigenvalue weighted by Gasteiger charge is 2.24. The van der Waals surface area contributed by atoms with E-state index in [1.54, 1.807) is 6.08 Å². The number of rotatable bonds is 6. The summed E-state index contributed by atoms with van der Waals surface area (Å²) in [5.41, 5.74) is 0.835. The Morgan fingerprint density at radius 2 is 1.90 bits per heavy atom. The van der Waals surface area contributed by atoms with Crippen molar-refractivity contribution >= 4 is 45.6 Å². The van der Waals surface area contributed by atoms with Crippen molar-refractivity contribution in [1.82, 2.24) is 10.3 Å². The van der Waals surface area contributed by atoms with E-state index >= 15 is 0 Å². The lowest BCUT2D eigenvalue weighted by atomic mass is 10.1. The summed E-state index contributed by atoms with van der Waals surface area (Å²) in [6.07, 6.45) is 3.51. The smallest absolute Gasteiger partial charge is 0.290 e. The lowest BCUT2D eigenvalue weighted by Crippen LogP contribution is -2.24. The molecule has 0 bridgehead atoms. The van der Waals surface area contributed by atoms with Gasteiger partial charge in [-0.2, -0.15) is 0 Å². The van der Waals surface area contributed by atoms with Gasteiger partial charge in [-0.25, -0.2) is 4.98 Å². The van der Waals surface area contributed by atoms with E-state index in [-0.39, 0.29) is 11.1 Å². The van der Waals surface area contributed by atoms with E-state index in [1.165, 1.54) is 0 Å².